The summed E-state index contributed by atoms with van der Waals surface area (Å²) in [5, 5.41) is 3.58. The van der Waals surface area contributed by atoms with Crippen molar-refractivity contribution in [3.05, 3.63) is 22.8 Å². The number of carbonyl (C=O) groups excluding carboxylic acids is 2. The summed E-state index contributed by atoms with van der Waals surface area (Å²) in [4.78, 5) is 30.8. The van der Waals surface area contributed by atoms with Crippen molar-refractivity contribution in [1.29, 1.82) is 0 Å². The Morgan fingerprint density at radius 1 is 1.30 bits per heavy atom. The Hall–Kier alpha value is -1.82. The van der Waals surface area contributed by atoms with Gasteiger partial charge in [0.15, 0.2) is 0 Å². The lowest BCUT2D eigenvalue weighted by molar-refractivity contribution is -0.155. The molecule has 1 N–H and O–H groups in total. The number of halogens is 1. The van der Waals surface area contributed by atoms with E-state index >= 15 is 0 Å². The number of nitrogens with zero attached hydrogens (tertiary/aromatic N) is 3. The number of hydrogen-bond acceptors (Lipinski definition) is 4. The van der Waals surface area contributed by atoms with Crippen molar-refractivity contribution >= 4 is 29.2 Å². The van der Waals surface area contributed by atoms with Gasteiger partial charge in [-0.2, -0.15) is 0 Å². The Labute approximate surface area is 122 Å². The average molecular weight is 297 g/mol. The number of hydrogen-bond donors (Lipinski definition) is 1. The van der Waals surface area contributed by atoms with Crippen LogP contribution in [0.3, 0.4) is 0 Å². The van der Waals surface area contributed by atoms with E-state index in [2.05, 4.69) is 10.3 Å². The summed E-state index contributed by atoms with van der Waals surface area (Å²) < 4.78 is 0. The van der Waals surface area contributed by atoms with Crippen LogP contribution in [-0.4, -0.2) is 53.3 Å². The number of nitrogens with one attached hydrogen (secondary N) is 1. The van der Waals surface area contributed by atoms with E-state index in [0.717, 1.165) is 6.54 Å². The molecule has 20 heavy (non-hydrogen) atoms. The number of aromatic nitrogens is 1. The van der Waals surface area contributed by atoms with E-state index in [4.69, 9.17) is 11.6 Å². The van der Waals surface area contributed by atoms with Crippen LogP contribution in [-0.2, 0) is 16.1 Å². The summed E-state index contributed by atoms with van der Waals surface area (Å²) in [5.41, 5.74) is 0.593. The maximum atomic E-state index is 11.9. The maximum absolute atomic E-state index is 11.9. The SMILES string of the molecule is CCNc1ccc(Cl)c(CN2CCN(C)C(=O)C2=O)n1. The van der Waals surface area contributed by atoms with Gasteiger partial charge in [0.25, 0.3) is 0 Å². The molecular weight excluding hydrogens is 280 g/mol. The third-order valence-corrected chi connectivity index (χ3v) is 3.48. The van der Waals surface area contributed by atoms with Crippen LogP contribution in [0.15, 0.2) is 12.1 Å². The Morgan fingerprint density at radius 2 is 2.05 bits per heavy atom. The van der Waals surface area contributed by atoms with Crippen LogP contribution in [0.4, 0.5) is 5.82 Å². The van der Waals surface area contributed by atoms with E-state index in [1.54, 1.807) is 19.2 Å². The number of likely N-dealkylation sites (N-methyl/N-ethyl adjacent to an activating group) is 1. The minimum absolute atomic E-state index is 0.247. The first kappa shape index (κ1) is 14.6. The molecule has 1 aliphatic rings. The van der Waals surface area contributed by atoms with Gasteiger partial charge in [-0.15, -0.1) is 0 Å². The second kappa shape index (κ2) is 6.09. The molecule has 0 atom stereocenters. The summed E-state index contributed by atoms with van der Waals surface area (Å²) in [5.74, 6) is -0.291. The van der Waals surface area contributed by atoms with Crippen molar-refractivity contribution < 1.29 is 9.59 Å². The van der Waals surface area contributed by atoms with Gasteiger partial charge in [-0.25, -0.2) is 4.98 Å². The molecule has 2 amide bonds. The zero-order valence-electron chi connectivity index (χ0n) is 11.5. The molecule has 0 unspecified atom stereocenters. The lowest BCUT2D eigenvalue weighted by atomic mass is 10.2. The highest BCUT2D eigenvalue weighted by atomic mass is 35.5. The Bertz CT molecular complexity index is 535. The number of rotatable bonds is 4. The Morgan fingerprint density at radius 3 is 2.75 bits per heavy atom. The second-order valence-corrected chi connectivity index (χ2v) is 5.02. The smallest absolute Gasteiger partial charge is 0.312 e. The van der Waals surface area contributed by atoms with Gasteiger partial charge in [-0.1, -0.05) is 11.6 Å². The van der Waals surface area contributed by atoms with E-state index in [1.807, 2.05) is 6.92 Å². The third-order valence-electron chi connectivity index (χ3n) is 3.14. The molecule has 2 rings (SSSR count). The lowest BCUT2D eigenvalue weighted by Gasteiger charge is -2.31. The molecule has 0 saturated carbocycles. The fourth-order valence-corrected chi connectivity index (χ4v) is 2.14. The number of amides is 2. The largest absolute Gasteiger partial charge is 0.370 e. The van der Waals surface area contributed by atoms with Gasteiger partial charge in [0.1, 0.15) is 5.82 Å². The van der Waals surface area contributed by atoms with Gasteiger partial charge >= 0.3 is 11.8 Å². The number of piperazine rings is 1. The topological polar surface area (TPSA) is 65.5 Å². The fourth-order valence-electron chi connectivity index (χ4n) is 1.98. The van der Waals surface area contributed by atoms with Crippen LogP contribution in [0.1, 0.15) is 12.6 Å². The van der Waals surface area contributed by atoms with Gasteiger partial charge in [-0.05, 0) is 19.1 Å². The molecule has 0 spiro atoms. The van der Waals surface area contributed by atoms with Crippen molar-refractivity contribution in [2.75, 3.05) is 32.0 Å². The monoisotopic (exact) mass is 296 g/mol. The number of anilines is 1. The van der Waals surface area contributed by atoms with Gasteiger partial charge in [0, 0.05) is 26.7 Å². The first-order valence-electron chi connectivity index (χ1n) is 6.46. The first-order chi connectivity index (χ1) is 9.52. The molecule has 0 aliphatic carbocycles. The van der Waals surface area contributed by atoms with Gasteiger partial charge in [0.05, 0.1) is 17.3 Å². The van der Waals surface area contributed by atoms with Crippen LogP contribution in [0.25, 0.3) is 0 Å². The quantitative estimate of drug-likeness (QED) is 0.841. The number of pyridine rings is 1. The van der Waals surface area contributed by atoms with Gasteiger partial charge in [0.2, 0.25) is 0 Å². The van der Waals surface area contributed by atoms with Crippen molar-refractivity contribution in [3.8, 4) is 0 Å². The molecule has 1 aromatic heterocycles. The molecule has 108 valence electrons. The highest BCUT2D eigenvalue weighted by Crippen LogP contribution is 2.19. The lowest BCUT2D eigenvalue weighted by Crippen LogP contribution is -2.52. The van der Waals surface area contributed by atoms with Crippen molar-refractivity contribution in [1.82, 2.24) is 14.8 Å². The fraction of sp³-hybridized carbons (Fsp3) is 0.462. The maximum Gasteiger partial charge on any atom is 0.312 e. The predicted octanol–water partition coefficient (Wildman–Crippen LogP) is 0.967. The third kappa shape index (κ3) is 3.01. The zero-order valence-corrected chi connectivity index (χ0v) is 12.3. The predicted molar refractivity (Wildman–Crippen MR) is 76.5 cm³/mol. The second-order valence-electron chi connectivity index (χ2n) is 4.61. The standard InChI is InChI=1S/C13H17ClN4O2/c1-3-15-11-5-4-9(14)10(16-11)8-18-7-6-17(2)12(19)13(18)20/h4-5H,3,6-8H2,1-2H3,(H,15,16). The molecule has 2 heterocycles. The molecule has 0 bridgehead atoms. The summed E-state index contributed by atoms with van der Waals surface area (Å²) in [6, 6.07) is 3.52. The first-order valence-corrected chi connectivity index (χ1v) is 6.84. The van der Waals surface area contributed by atoms with Crippen molar-refractivity contribution in [2.24, 2.45) is 0 Å². The molecule has 7 heteroatoms. The minimum atomic E-state index is -0.509. The molecule has 0 radical (unpaired) electrons. The van der Waals surface area contributed by atoms with Crippen molar-refractivity contribution in [2.45, 2.75) is 13.5 Å². The molecule has 1 aromatic rings. The van der Waals surface area contributed by atoms with E-state index in [1.165, 1.54) is 9.80 Å². The van der Waals surface area contributed by atoms with Crippen LogP contribution in [0.2, 0.25) is 5.02 Å². The van der Waals surface area contributed by atoms with Crippen LogP contribution in [0, 0.1) is 0 Å². The summed E-state index contributed by atoms with van der Waals surface area (Å²) in [7, 11) is 1.62. The van der Waals surface area contributed by atoms with E-state index in [0.29, 0.717) is 29.6 Å². The molecule has 1 fully saturated rings. The van der Waals surface area contributed by atoms with E-state index in [-0.39, 0.29) is 6.54 Å². The highest BCUT2D eigenvalue weighted by molar-refractivity contribution is 6.35. The molecule has 0 aromatic carbocycles. The summed E-state index contributed by atoms with van der Waals surface area (Å²) >= 11 is 6.10. The van der Waals surface area contributed by atoms with Crippen molar-refractivity contribution in [3.63, 3.8) is 0 Å². The van der Waals surface area contributed by atoms with E-state index in [9.17, 15) is 9.59 Å². The molecular formula is C13H17ClN4O2. The van der Waals surface area contributed by atoms with Crippen LogP contribution >= 0.6 is 11.6 Å². The average Bonchev–Trinajstić information content (AvgIpc) is 2.43. The van der Waals surface area contributed by atoms with E-state index < -0.39 is 11.8 Å². The summed E-state index contributed by atoms with van der Waals surface area (Å²) in [6.45, 7) is 3.98. The Kier molecular flexibility index (Phi) is 4.44. The zero-order chi connectivity index (χ0) is 14.7. The highest BCUT2D eigenvalue weighted by Gasteiger charge is 2.30. The van der Waals surface area contributed by atoms with Crippen LogP contribution in [0.5, 0.6) is 0 Å². The number of carbonyl (C=O) groups is 2. The molecule has 1 saturated heterocycles. The minimum Gasteiger partial charge on any atom is -0.370 e. The van der Waals surface area contributed by atoms with Gasteiger partial charge < -0.3 is 15.1 Å². The molecule has 1 aliphatic heterocycles. The molecule has 6 nitrogen and oxygen atoms in total. The van der Waals surface area contributed by atoms with Crippen LogP contribution < -0.4 is 5.32 Å². The van der Waals surface area contributed by atoms with Gasteiger partial charge in [-0.3, -0.25) is 9.59 Å². The summed E-state index contributed by atoms with van der Waals surface area (Å²) in [6.07, 6.45) is 0. The normalized spacial score (nSPS) is 15.8. The Balaban J connectivity index is 2.15.